The molecule has 1 aliphatic carbocycles. The summed E-state index contributed by atoms with van der Waals surface area (Å²) < 4.78 is 0. The summed E-state index contributed by atoms with van der Waals surface area (Å²) in [5.74, 6) is -0.235. The first-order valence-electron chi connectivity index (χ1n) is 7.34. The molecule has 0 spiro atoms. The van der Waals surface area contributed by atoms with E-state index in [0.29, 0.717) is 5.92 Å². The first-order chi connectivity index (χ1) is 9.72. The number of nitrogens with zero attached hydrogens (tertiary/aromatic N) is 1. The van der Waals surface area contributed by atoms with E-state index in [1.165, 1.54) is 6.42 Å². The minimum absolute atomic E-state index is 0.163. The highest BCUT2D eigenvalue weighted by molar-refractivity contribution is 5.56. The van der Waals surface area contributed by atoms with Crippen molar-refractivity contribution >= 4 is 6.29 Å². The second-order valence-electron chi connectivity index (χ2n) is 5.64. The topological polar surface area (TPSA) is 60.2 Å². The molecule has 0 bridgehead atoms. The Bertz CT molecular complexity index is 440. The van der Waals surface area contributed by atoms with Crippen LogP contribution in [0.4, 0.5) is 0 Å². The van der Waals surface area contributed by atoms with Crippen LogP contribution in [0.1, 0.15) is 43.6 Å². The van der Waals surface area contributed by atoms with Crippen LogP contribution in [0.3, 0.4) is 0 Å². The Morgan fingerprint density at radius 2 is 1.85 bits per heavy atom. The number of hydrogen-bond acceptors (Lipinski definition) is 3. The Morgan fingerprint density at radius 3 is 2.40 bits per heavy atom. The summed E-state index contributed by atoms with van der Waals surface area (Å²) in [6.45, 7) is -0.163. The van der Waals surface area contributed by atoms with E-state index in [2.05, 4.69) is 0 Å². The Kier molecular flexibility index (Phi) is 5.27. The molecule has 0 amide bonds. The van der Waals surface area contributed by atoms with Gasteiger partial charge in [-0.3, -0.25) is 10.1 Å². The third-order valence-corrected chi connectivity index (χ3v) is 4.39. The Hall–Kier alpha value is -1.71. The lowest BCUT2D eigenvalue weighted by molar-refractivity contribution is -0.484. The number of carbonyl (C=O) groups excluding carboxylic acids is 1. The number of benzene rings is 1. The minimum Gasteiger partial charge on any atom is -0.303 e. The van der Waals surface area contributed by atoms with E-state index in [9.17, 15) is 14.9 Å². The number of nitro groups is 1. The highest BCUT2D eigenvalue weighted by Gasteiger charge is 2.34. The van der Waals surface area contributed by atoms with Crippen LogP contribution in [-0.4, -0.2) is 17.8 Å². The van der Waals surface area contributed by atoms with Crippen LogP contribution in [0.5, 0.6) is 0 Å². The summed E-state index contributed by atoms with van der Waals surface area (Å²) in [5, 5.41) is 11.0. The maximum absolute atomic E-state index is 11.6. The van der Waals surface area contributed by atoms with Gasteiger partial charge in [0.25, 0.3) is 0 Å². The fourth-order valence-electron chi connectivity index (χ4n) is 3.36. The summed E-state index contributed by atoms with van der Waals surface area (Å²) in [6, 6.07) is 9.44. The van der Waals surface area contributed by atoms with E-state index < -0.39 is 0 Å². The van der Waals surface area contributed by atoms with Crippen LogP contribution in [0.15, 0.2) is 30.3 Å². The molecule has 1 saturated carbocycles. The number of hydrogen-bond donors (Lipinski definition) is 0. The van der Waals surface area contributed by atoms with Crippen LogP contribution < -0.4 is 0 Å². The summed E-state index contributed by atoms with van der Waals surface area (Å²) in [5.41, 5.74) is 0.909. The zero-order valence-electron chi connectivity index (χ0n) is 11.6. The quantitative estimate of drug-likeness (QED) is 0.454. The number of carbonyl (C=O) groups is 1. The van der Waals surface area contributed by atoms with Gasteiger partial charge in [-0.05, 0) is 24.3 Å². The van der Waals surface area contributed by atoms with E-state index in [1.807, 2.05) is 30.3 Å². The normalized spacial score (nSPS) is 19.2. The van der Waals surface area contributed by atoms with Gasteiger partial charge in [0.2, 0.25) is 6.54 Å². The standard InChI is InChI=1S/C16H21NO3/c18-12-16(14-9-5-2-6-10-14)15(11-17(19)20)13-7-3-1-4-8-13/h1,3-4,7-8,12,14-16H,2,5-6,9-11H2/t15-,16-/m0/s1. The van der Waals surface area contributed by atoms with Crippen molar-refractivity contribution in [3.8, 4) is 0 Å². The molecule has 2 atom stereocenters. The molecule has 1 fully saturated rings. The van der Waals surface area contributed by atoms with Gasteiger partial charge in [0, 0.05) is 10.8 Å². The third kappa shape index (κ3) is 3.65. The van der Waals surface area contributed by atoms with Gasteiger partial charge in [-0.1, -0.05) is 49.6 Å². The molecular weight excluding hydrogens is 254 g/mol. The molecule has 1 aromatic rings. The molecule has 0 aromatic heterocycles. The number of rotatable bonds is 6. The zero-order chi connectivity index (χ0) is 14.4. The SMILES string of the molecule is O=C[C@@H](C1CCCCC1)[C@@H](C[N+](=O)[O-])c1ccccc1. The van der Waals surface area contributed by atoms with E-state index in [4.69, 9.17) is 0 Å². The van der Waals surface area contributed by atoms with E-state index in [1.54, 1.807) is 0 Å². The molecule has 0 aliphatic heterocycles. The van der Waals surface area contributed by atoms with E-state index in [-0.39, 0.29) is 23.3 Å². The van der Waals surface area contributed by atoms with Crippen molar-refractivity contribution in [3.63, 3.8) is 0 Å². The number of aldehydes is 1. The van der Waals surface area contributed by atoms with Crippen LogP contribution in [0, 0.1) is 22.0 Å². The average molecular weight is 275 g/mol. The fraction of sp³-hybridized carbons (Fsp3) is 0.562. The van der Waals surface area contributed by atoms with Crippen LogP contribution in [0.25, 0.3) is 0 Å². The minimum atomic E-state index is -0.299. The fourth-order valence-corrected chi connectivity index (χ4v) is 3.36. The monoisotopic (exact) mass is 275 g/mol. The highest BCUT2D eigenvalue weighted by Crippen LogP contribution is 2.37. The maximum atomic E-state index is 11.6. The van der Waals surface area contributed by atoms with Crippen molar-refractivity contribution < 1.29 is 9.72 Å². The lowest BCUT2D eigenvalue weighted by Crippen LogP contribution is -2.29. The molecule has 0 radical (unpaired) electrons. The summed E-state index contributed by atoms with van der Waals surface area (Å²) in [6.07, 6.45) is 6.48. The molecule has 4 heteroatoms. The molecule has 1 aromatic carbocycles. The largest absolute Gasteiger partial charge is 0.303 e. The van der Waals surface area contributed by atoms with Gasteiger partial charge in [0.05, 0.1) is 5.92 Å². The van der Waals surface area contributed by atoms with Gasteiger partial charge in [-0.2, -0.15) is 0 Å². The first kappa shape index (κ1) is 14.7. The lowest BCUT2D eigenvalue weighted by Gasteiger charge is -2.31. The third-order valence-electron chi connectivity index (χ3n) is 4.39. The van der Waals surface area contributed by atoms with Crippen LogP contribution >= 0.6 is 0 Å². The summed E-state index contributed by atoms with van der Waals surface area (Å²) >= 11 is 0. The second kappa shape index (κ2) is 7.17. The van der Waals surface area contributed by atoms with Crippen LogP contribution in [-0.2, 0) is 4.79 Å². The van der Waals surface area contributed by atoms with Crippen molar-refractivity contribution in [2.45, 2.75) is 38.0 Å². The summed E-state index contributed by atoms with van der Waals surface area (Å²) in [4.78, 5) is 22.3. The molecule has 0 unspecified atom stereocenters. The van der Waals surface area contributed by atoms with Crippen molar-refractivity contribution in [1.82, 2.24) is 0 Å². The smallest absolute Gasteiger partial charge is 0.211 e. The molecule has 0 saturated heterocycles. The molecule has 0 N–H and O–H groups in total. The second-order valence-corrected chi connectivity index (χ2v) is 5.64. The molecular formula is C16H21NO3. The van der Waals surface area contributed by atoms with Crippen LogP contribution in [0.2, 0.25) is 0 Å². The van der Waals surface area contributed by atoms with Gasteiger partial charge in [0.15, 0.2) is 0 Å². The molecule has 4 nitrogen and oxygen atoms in total. The zero-order valence-corrected chi connectivity index (χ0v) is 11.6. The predicted molar refractivity (Wildman–Crippen MR) is 77.2 cm³/mol. The molecule has 1 aliphatic rings. The maximum Gasteiger partial charge on any atom is 0.211 e. The van der Waals surface area contributed by atoms with Gasteiger partial charge < -0.3 is 4.79 Å². The first-order valence-corrected chi connectivity index (χ1v) is 7.34. The van der Waals surface area contributed by atoms with Crippen molar-refractivity contribution in [2.24, 2.45) is 11.8 Å². The molecule has 108 valence electrons. The predicted octanol–water partition coefficient (Wildman–Crippen LogP) is 3.44. The van der Waals surface area contributed by atoms with E-state index in [0.717, 1.165) is 37.5 Å². The summed E-state index contributed by atoms with van der Waals surface area (Å²) in [7, 11) is 0. The van der Waals surface area contributed by atoms with Crippen molar-refractivity contribution in [3.05, 3.63) is 46.0 Å². The molecule has 2 rings (SSSR count). The van der Waals surface area contributed by atoms with Crippen molar-refractivity contribution in [2.75, 3.05) is 6.54 Å². The lowest BCUT2D eigenvalue weighted by atomic mass is 9.72. The Morgan fingerprint density at radius 1 is 1.20 bits per heavy atom. The average Bonchev–Trinajstić information content (AvgIpc) is 2.49. The van der Waals surface area contributed by atoms with Gasteiger partial charge >= 0.3 is 0 Å². The molecule has 0 heterocycles. The van der Waals surface area contributed by atoms with Gasteiger partial charge in [-0.15, -0.1) is 0 Å². The molecule has 20 heavy (non-hydrogen) atoms. The Labute approximate surface area is 119 Å². The highest BCUT2D eigenvalue weighted by atomic mass is 16.6. The van der Waals surface area contributed by atoms with Gasteiger partial charge in [0.1, 0.15) is 6.29 Å². The van der Waals surface area contributed by atoms with E-state index >= 15 is 0 Å². The van der Waals surface area contributed by atoms with Gasteiger partial charge in [-0.25, -0.2) is 0 Å². The van der Waals surface area contributed by atoms with Crippen molar-refractivity contribution in [1.29, 1.82) is 0 Å². The Balaban J connectivity index is 2.23.